The van der Waals surface area contributed by atoms with Crippen molar-refractivity contribution in [1.29, 1.82) is 0 Å². The van der Waals surface area contributed by atoms with E-state index in [2.05, 4.69) is 0 Å². The fourth-order valence-electron chi connectivity index (χ4n) is 5.92. The van der Waals surface area contributed by atoms with Crippen molar-refractivity contribution in [2.75, 3.05) is 21.1 Å². The van der Waals surface area contributed by atoms with Crippen LogP contribution >= 0.6 is 0 Å². The number of hydrogen-bond donors (Lipinski definition) is 5. The van der Waals surface area contributed by atoms with Crippen LogP contribution in [0.5, 0.6) is 5.75 Å². The lowest BCUT2D eigenvalue weighted by Gasteiger charge is -2.50. The number of benzene rings is 1. The van der Waals surface area contributed by atoms with E-state index in [4.69, 9.17) is 5.73 Å². The number of primary amides is 1. The van der Waals surface area contributed by atoms with Gasteiger partial charge in [-0.15, -0.1) is 0 Å². The van der Waals surface area contributed by atoms with E-state index in [1.54, 1.807) is 21.1 Å². The minimum Gasteiger partial charge on any atom is -0.510 e. The van der Waals surface area contributed by atoms with Crippen LogP contribution in [-0.4, -0.2) is 86.5 Å². The molecule has 6 N–H and O–H groups in total. The van der Waals surface area contributed by atoms with Crippen molar-refractivity contribution in [2.45, 2.75) is 50.9 Å². The molecule has 0 bridgehead atoms. The highest BCUT2D eigenvalue weighted by atomic mass is 19.1. The first-order valence-electron chi connectivity index (χ1n) is 12.0. The van der Waals surface area contributed by atoms with Crippen LogP contribution in [0.4, 0.5) is 4.39 Å². The van der Waals surface area contributed by atoms with Crippen molar-refractivity contribution in [2.24, 2.45) is 17.6 Å². The maximum atomic E-state index is 15.7. The molecule has 10 nitrogen and oxygen atoms in total. The summed E-state index contributed by atoms with van der Waals surface area (Å²) in [5.74, 6) is -8.25. The first-order chi connectivity index (χ1) is 17.1. The van der Waals surface area contributed by atoms with E-state index in [9.17, 15) is 34.8 Å². The number of ketones is 2. The molecule has 0 radical (unpaired) electrons. The zero-order valence-corrected chi connectivity index (χ0v) is 21.4. The molecule has 0 spiro atoms. The molecule has 11 heteroatoms. The fourth-order valence-corrected chi connectivity index (χ4v) is 5.92. The second kappa shape index (κ2) is 8.93. The molecule has 3 aliphatic carbocycles. The van der Waals surface area contributed by atoms with Crippen molar-refractivity contribution < 1.29 is 39.2 Å². The number of nitrogens with zero attached hydrogens (tertiary/aromatic N) is 2. The highest BCUT2D eigenvalue weighted by molar-refractivity contribution is 6.24. The molecule has 0 saturated carbocycles. The number of phenols is 1. The van der Waals surface area contributed by atoms with Gasteiger partial charge in [0.25, 0.3) is 5.91 Å². The lowest BCUT2D eigenvalue weighted by molar-refractivity contribution is -0.148. The SMILES string of the molecule is CC(C)N(C)Cc1cc(O)c2c(c1F)C[C@H]1C[C@H]3[C@H](N(C)C)C(O)=C(C(N)=O)C(=O)[C@@]3(O)C(O)=C1C2=O. The van der Waals surface area contributed by atoms with Crippen LogP contribution in [0.2, 0.25) is 0 Å². The third-order valence-corrected chi connectivity index (χ3v) is 8.03. The van der Waals surface area contributed by atoms with E-state index in [0.29, 0.717) is 0 Å². The molecule has 3 aliphatic rings. The third kappa shape index (κ3) is 3.75. The second-order valence-corrected chi connectivity index (χ2v) is 10.7. The maximum absolute atomic E-state index is 15.7. The van der Waals surface area contributed by atoms with Crippen molar-refractivity contribution in [3.05, 3.63) is 51.2 Å². The van der Waals surface area contributed by atoms with Gasteiger partial charge < -0.3 is 26.2 Å². The highest BCUT2D eigenvalue weighted by Crippen LogP contribution is 2.52. The predicted octanol–water partition coefficient (Wildman–Crippen LogP) is 1.10. The van der Waals surface area contributed by atoms with E-state index < -0.39 is 69.6 Å². The minimum atomic E-state index is -2.72. The van der Waals surface area contributed by atoms with Gasteiger partial charge in [-0.3, -0.25) is 24.2 Å². The number of nitrogens with two attached hydrogens (primary N) is 1. The first-order valence-corrected chi connectivity index (χ1v) is 12.0. The van der Waals surface area contributed by atoms with Crippen LogP contribution in [0, 0.1) is 17.7 Å². The van der Waals surface area contributed by atoms with Crippen molar-refractivity contribution >= 4 is 17.5 Å². The van der Waals surface area contributed by atoms with Gasteiger partial charge in [0.1, 0.15) is 28.7 Å². The molecule has 4 atom stereocenters. The average Bonchev–Trinajstić information content (AvgIpc) is 2.78. The van der Waals surface area contributed by atoms with Crippen LogP contribution < -0.4 is 5.73 Å². The normalized spacial score (nSPS) is 27.7. The molecule has 0 aliphatic heterocycles. The van der Waals surface area contributed by atoms with Gasteiger partial charge in [-0.2, -0.15) is 0 Å². The monoisotopic (exact) mass is 517 g/mol. The zero-order chi connectivity index (χ0) is 27.7. The van der Waals surface area contributed by atoms with Crippen molar-refractivity contribution in [1.82, 2.24) is 9.80 Å². The van der Waals surface area contributed by atoms with Gasteiger partial charge in [-0.25, -0.2) is 4.39 Å². The number of aromatic hydroxyl groups is 1. The molecule has 200 valence electrons. The topological polar surface area (TPSA) is 165 Å². The fraction of sp³-hybridized carbons (Fsp3) is 0.500. The lowest BCUT2D eigenvalue weighted by atomic mass is 9.58. The molecule has 0 aromatic heterocycles. The summed E-state index contributed by atoms with van der Waals surface area (Å²) < 4.78 is 15.7. The van der Waals surface area contributed by atoms with E-state index in [1.807, 2.05) is 18.7 Å². The molecule has 1 aromatic carbocycles. The number of amides is 1. The molecular weight excluding hydrogens is 485 g/mol. The second-order valence-electron chi connectivity index (χ2n) is 10.7. The summed E-state index contributed by atoms with van der Waals surface area (Å²) in [6, 6.07) is 0.164. The number of carbonyl (C=O) groups is 3. The third-order valence-electron chi connectivity index (χ3n) is 8.03. The molecule has 0 saturated heterocycles. The largest absolute Gasteiger partial charge is 0.510 e. The number of halogens is 1. The molecule has 0 heterocycles. The summed E-state index contributed by atoms with van der Waals surface area (Å²) in [6.45, 7) is 4.05. The summed E-state index contributed by atoms with van der Waals surface area (Å²) in [6.07, 6.45) is -0.185. The highest BCUT2D eigenvalue weighted by Gasteiger charge is 2.63. The van der Waals surface area contributed by atoms with Gasteiger partial charge in [-0.1, -0.05) is 0 Å². The Kier molecular flexibility index (Phi) is 6.46. The van der Waals surface area contributed by atoms with E-state index in [-0.39, 0.29) is 47.7 Å². The molecular formula is C26H32FN3O7. The standard InChI is InChI=1S/C26H32FN3O7/c1-10(2)30(5)9-12-8-15(31)17-13(19(12)27)6-11-7-14-20(29(3)4)22(33)18(25(28)36)24(35)26(14,37)23(34)16(11)21(17)32/h8,10-11,14,20,31,33-34,37H,6-7,9H2,1-5H3,(H2,28,36)/t11-,14-,20-,26-/m0/s1. The number of hydrogen-bond acceptors (Lipinski definition) is 9. The Balaban J connectivity index is 1.90. The number of allylic oxidation sites excluding steroid dienone is 1. The van der Waals surface area contributed by atoms with Crippen LogP contribution in [0.1, 0.15) is 41.8 Å². The molecule has 0 unspecified atom stereocenters. The van der Waals surface area contributed by atoms with E-state index in [0.717, 1.165) is 0 Å². The number of Topliss-reactive ketones (excluding diaryl/α,β-unsaturated/α-hetero) is 2. The Morgan fingerprint density at radius 3 is 2.38 bits per heavy atom. The van der Waals surface area contributed by atoms with Crippen LogP contribution in [0.3, 0.4) is 0 Å². The van der Waals surface area contributed by atoms with Gasteiger partial charge in [0.05, 0.1) is 11.6 Å². The van der Waals surface area contributed by atoms with Crippen LogP contribution in [-0.2, 0) is 22.6 Å². The molecule has 4 rings (SSSR count). The lowest BCUT2D eigenvalue weighted by Crippen LogP contribution is -2.63. The number of fused-ring (bicyclic) bond motifs is 3. The Bertz CT molecular complexity index is 1290. The molecule has 0 fully saturated rings. The number of carbonyl (C=O) groups excluding carboxylic acids is 3. The summed E-state index contributed by atoms with van der Waals surface area (Å²) >= 11 is 0. The smallest absolute Gasteiger partial charge is 0.255 e. The molecule has 1 aromatic rings. The van der Waals surface area contributed by atoms with Gasteiger partial charge in [0.15, 0.2) is 11.4 Å². The summed E-state index contributed by atoms with van der Waals surface area (Å²) in [4.78, 5) is 42.2. The van der Waals surface area contributed by atoms with Gasteiger partial charge in [0, 0.05) is 35.2 Å². The average molecular weight is 518 g/mol. The number of rotatable bonds is 5. The number of likely N-dealkylation sites (N-methyl/N-ethyl adjacent to an activating group) is 1. The Morgan fingerprint density at radius 1 is 1.22 bits per heavy atom. The van der Waals surface area contributed by atoms with Crippen molar-refractivity contribution in [3.8, 4) is 5.75 Å². The Labute approximate surface area is 213 Å². The summed E-state index contributed by atoms with van der Waals surface area (Å²) in [5.41, 5.74) is 1.25. The van der Waals surface area contributed by atoms with Crippen LogP contribution in [0.15, 0.2) is 28.7 Å². The minimum absolute atomic E-state index is 0.00901. The van der Waals surface area contributed by atoms with Crippen molar-refractivity contribution in [3.63, 3.8) is 0 Å². The van der Waals surface area contributed by atoms with E-state index in [1.165, 1.54) is 11.0 Å². The molecule has 1 amide bonds. The maximum Gasteiger partial charge on any atom is 0.255 e. The van der Waals surface area contributed by atoms with Gasteiger partial charge in [-0.05, 0) is 59.8 Å². The van der Waals surface area contributed by atoms with E-state index >= 15 is 4.39 Å². The number of phenolic OH excluding ortho intramolecular Hbond substituents is 1. The Hall–Kier alpha value is -3.28. The number of aliphatic hydroxyl groups is 3. The predicted molar refractivity (Wildman–Crippen MR) is 130 cm³/mol. The number of aliphatic hydroxyl groups excluding tert-OH is 2. The van der Waals surface area contributed by atoms with Crippen LogP contribution in [0.25, 0.3) is 0 Å². The van der Waals surface area contributed by atoms with Gasteiger partial charge >= 0.3 is 0 Å². The van der Waals surface area contributed by atoms with Gasteiger partial charge in [0.2, 0.25) is 5.78 Å². The summed E-state index contributed by atoms with van der Waals surface area (Å²) in [7, 11) is 4.89. The summed E-state index contributed by atoms with van der Waals surface area (Å²) in [5, 5.41) is 44.3. The zero-order valence-electron chi connectivity index (χ0n) is 21.4. The molecule has 37 heavy (non-hydrogen) atoms. The quantitative estimate of drug-likeness (QED) is 0.360. The Morgan fingerprint density at radius 2 is 1.84 bits per heavy atom. The first kappa shape index (κ1) is 26.8.